The Labute approximate surface area is 119 Å². The van der Waals surface area contributed by atoms with E-state index in [2.05, 4.69) is 24.1 Å². The molecular weight excluding hydrogens is 258 g/mol. The maximum atomic E-state index is 13.4. The number of hydrogen-bond donors (Lipinski definition) is 1. The van der Waals surface area contributed by atoms with Crippen molar-refractivity contribution in [3.05, 3.63) is 35.4 Å². The number of benzene rings is 1. The molecule has 3 atom stereocenters. The van der Waals surface area contributed by atoms with Crippen LogP contribution in [0.25, 0.3) is 0 Å². The predicted octanol–water partition coefficient (Wildman–Crippen LogP) is 2.96. The quantitative estimate of drug-likeness (QED) is 0.896. The lowest BCUT2D eigenvalue weighted by Gasteiger charge is -2.40. The third kappa shape index (κ3) is 2.15. The van der Waals surface area contributed by atoms with Gasteiger partial charge in [0.2, 0.25) is 0 Å². The molecule has 110 valence electrons. The summed E-state index contributed by atoms with van der Waals surface area (Å²) in [5.74, 6) is 0.269. The molecular formula is C16H22F2N2. The van der Waals surface area contributed by atoms with Gasteiger partial charge in [-0.3, -0.25) is 4.90 Å². The van der Waals surface area contributed by atoms with E-state index in [4.69, 9.17) is 0 Å². The first-order valence-corrected chi connectivity index (χ1v) is 7.33. The molecule has 2 aliphatic rings. The highest BCUT2D eigenvalue weighted by molar-refractivity contribution is 5.22. The minimum atomic E-state index is -0.495. The van der Waals surface area contributed by atoms with Gasteiger partial charge in [0.15, 0.2) is 0 Å². The van der Waals surface area contributed by atoms with Crippen molar-refractivity contribution in [3.63, 3.8) is 0 Å². The number of halogens is 2. The summed E-state index contributed by atoms with van der Waals surface area (Å²) in [6, 6.07) is 3.87. The topological polar surface area (TPSA) is 15.3 Å². The summed E-state index contributed by atoms with van der Waals surface area (Å²) < 4.78 is 26.9. The van der Waals surface area contributed by atoms with E-state index in [-0.39, 0.29) is 11.6 Å². The van der Waals surface area contributed by atoms with Crippen LogP contribution < -0.4 is 5.32 Å². The van der Waals surface area contributed by atoms with E-state index in [1.54, 1.807) is 0 Å². The van der Waals surface area contributed by atoms with Gasteiger partial charge in [0, 0.05) is 30.7 Å². The fourth-order valence-electron chi connectivity index (χ4n) is 4.11. The minimum Gasteiger partial charge on any atom is -0.316 e. The van der Waals surface area contributed by atoms with Gasteiger partial charge in [-0.15, -0.1) is 0 Å². The summed E-state index contributed by atoms with van der Waals surface area (Å²) in [7, 11) is 0. The highest BCUT2D eigenvalue weighted by atomic mass is 19.1. The van der Waals surface area contributed by atoms with Gasteiger partial charge in [-0.25, -0.2) is 8.78 Å². The van der Waals surface area contributed by atoms with E-state index in [9.17, 15) is 8.78 Å². The van der Waals surface area contributed by atoms with Crippen LogP contribution in [0.1, 0.15) is 32.4 Å². The zero-order valence-electron chi connectivity index (χ0n) is 12.3. The summed E-state index contributed by atoms with van der Waals surface area (Å²) >= 11 is 0. The molecule has 0 amide bonds. The SMILES string of the molecule is CC(c1cc(F)cc(F)c1)N1CC2CNCC2C1(C)C. The normalized spacial score (nSPS) is 30.4. The summed E-state index contributed by atoms with van der Waals surface area (Å²) in [5, 5.41) is 3.45. The lowest BCUT2D eigenvalue weighted by molar-refractivity contribution is 0.0967. The van der Waals surface area contributed by atoms with Crippen LogP contribution in [-0.4, -0.2) is 30.1 Å². The maximum Gasteiger partial charge on any atom is 0.126 e. The average molecular weight is 280 g/mol. The van der Waals surface area contributed by atoms with E-state index in [1.165, 1.54) is 12.1 Å². The summed E-state index contributed by atoms with van der Waals surface area (Å²) in [6.45, 7) is 9.62. The Morgan fingerprint density at radius 1 is 1.20 bits per heavy atom. The van der Waals surface area contributed by atoms with Crippen LogP contribution >= 0.6 is 0 Å². The van der Waals surface area contributed by atoms with Gasteiger partial charge < -0.3 is 5.32 Å². The number of nitrogens with zero attached hydrogens (tertiary/aromatic N) is 1. The van der Waals surface area contributed by atoms with Crippen molar-refractivity contribution in [3.8, 4) is 0 Å². The first-order chi connectivity index (χ1) is 9.39. The van der Waals surface area contributed by atoms with Crippen molar-refractivity contribution in [2.45, 2.75) is 32.4 Å². The Bertz CT molecular complexity index is 495. The van der Waals surface area contributed by atoms with Gasteiger partial charge in [0.05, 0.1) is 0 Å². The Morgan fingerprint density at radius 2 is 1.85 bits per heavy atom. The van der Waals surface area contributed by atoms with Crippen LogP contribution in [0.2, 0.25) is 0 Å². The molecule has 20 heavy (non-hydrogen) atoms. The van der Waals surface area contributed by atoms with Gasteiger partial charge in [-0.05, 0) is 56.8 Å². The predicted molar refractivity (Wildman–Crippen MR) is 75.4 cm³/mol. The minimum absolute atomic E-state index is 0.0285. The monoisotopic (exact) mass is 280 g/mol. The highest BCUT2D eigenvalue weighted by Gasteiger charge is 2.50. The van der Waals surface area contributed by atoms with Gasteiger partial charge in [0.25, 0.3) is 0 Å². The van der Waals surface area contributed by atoms with Crippen LogP contribution in [0, 0.1) is 23.5 Å². The smallest absolute Gasteiger partial charge is 0.126 e. The maximum absolute atomic E-state index is 13.4. The zero-order valence-corrected chi connectivity index (χ0v) is 12.3. The second-order valence-corrected chi connectivity index (χ2v) is 6.71. The van der Waals surface area contributed by atoms with Gasteiger partial charge in [-0.1, -0.05) is 0 Å². The number of nitrogens with one attached hydrogen (secondary N) is 1. The Kier molecular flexibility index (Phi) is 3.33. The number of likely N-dealkylation sites (tertiary alicyclic amines) is 1. The molecule has 0 radical (unpaired) electrons. The van der Waals surface area contributed by atoms with Crippen molar-refractivity contribution in [2.75, 3.05) is 19.6 Å². The fourth-order valence-corrected chi connectivity index (χ4v) is 4.11. The molecule has 2 saturated heterocycles. The summed E-state index contributed by atoms with van der Waals surface area (Å²) in [4.78, 5) is 2.40. The van der Waals surface area contributed by atoms with E-state index >= 15 is 0 Å². The first-order valence-electron chi connectivity index (χ1n) is 7.33. The van der Waals surface area contributed by atoms with Gasteiger partial charge in [-0.2, -0.15) is 0 Å². The fraction of sp³-hybridized carbons (Fsp3) is 0.625. The molecule has 2 fully saturated rings. The molecule has 0 aliphatic carbocycles. The molecule has 1 aromatic carbocycles. The van der Waals surface area contributed by atoms with Crippen molar-refractivity contribution in [1.29, 1.82) is 0 Å². The van der Waals surface area contributed by atoms with Crippen LogP contribution in [0.5, 0.6) is 0 Å². The van der Waals surface area contributed by atoms with E-state index in [0.717, 1.165) is 31.3 Å². The number of hydrogen-bond acceptors (Lipinski definition) is 2. The molecule has 2 nitrogen and oxygen atoms in total. The number of rotatable bonds is 2. The van der Waals surface area contributed by atoms with Gasteiger partial charge >= 0.3 is 0 Å². The van der Waals surface area contributed by atoms with E-state index < -0.39 is 11.6 Å². The summed E-state index contributed by atoms with van der Waals surface area (Å²) in [6.07, 6.45) is 0. The lowest BCUT2D eigenvalue weighted by Crippen LogP contribution is -2.45. The molecule has 2 heterocycles. The molecule has 2 aliphatic heterocycles. The van der Waals surface area contributed by atoms with E-state index in [1.807, 2.05) is 6.92 Å². The third-order valence-electron chi connectivity index (χ3n) is 5.25. The molecule has 0 spiro atoms. The number of fused-ring (bicyclic) bond motifs is 1. The molecule has 0 saturated carbocycles. The highest BCUT2D eigenvalue weighted by Crippen LogP contribution is 2.44. The molecule has 0 aromatic heterocycles. The molecule has 1 N–H and O–H groups in total. The van der Waals surface area contributed by atoms with Crippen LogP contribution in [0.3, 0.4) is 0 Å². The van der Waals surface area contributed by atoms with Crippen molar-refractivity contribution in [2.24, 2.45) is 11.8 Å². The first kappa shape index (κ1) is 14.0. The van der Waals surface area contributed by atoms with Crippen LogP contribution in [0.15, 0.2) is 18.2 Å². The third-order valence-corrected chi connectivity index (χ3v) is 5.25. The average Bonchev–Trinajstić information content (AvgIpc) is 2.90. The second kappa shape index (κ2) is 4.78. The molecule has 4 heteroatoms. The molecule has 1 aromatic rings. The van der Waals surface area contributed by atoms with Crippen molar-refractivity contribution in [1.82, 2.24) is 10.2 Å². The van der Waals surface area contributed by atoms with Crippen molar-refractivity contribution >= 4 is 0 Å². The largest absolute Gasteiger partial charge is 0.316 e. The van der Waals surface area contributed by atoms with Gasteiger partial charge in [0.1, 0.15) is 11.6 Å². The Balaban J connectivity index is 1.89. The second-order valence-electron chi connectivity index (χ2n) is 6.71. The summed E-state index contributed by atoms with van der Waals surface area (Å²) in [5.41, 5.74) is 0.777. The lowest BCUT2D eigenvalue weighted by atomic mass is 9.84. The Hall–Kier alpha value is -1.00. The Morgan fingerprint density at radius 3 is 2.45 bits per heavy atom. The zero-order chi connectivity index (χ0) is 14.5. The molecule has 0 bridgehead atoms. The standard InChI is InChI=1S/C16H22F2N2/c1-10(11-4-13(17)6-14(18)5-11)20-9-12-7-19-8-15(12)16(20,2)3/h4-6,10,12,15,19H,7-9H2,1-3H3. The van der Waals surface area contributed by atoms with Crippen LogP contribution in [-0.2, 0) is 0 Å². The van der Waals surface area contributed by atoms with E-state index in [0.29, 0.717) is 11.8 Å². The van der Waals surface area contributed by atoms with Crippen LogP contribution in [0.4, 0.5) is 8.78 Å². The molecule has 3 rings (SSSR count). The van der Waals surface area contributed by atoms with Crippen molar-refractivity contribution < 1.29 is 8.78 Å². The molecule has 3 unspecified atom stereocenters.